The number of thiophene rings is 1. The van der Waals surface area contributed by atoms with Gasteiger partial charge in [0.15, 0.2) is 11.5 Å². The van der Waals surface area contributed by atoms with Gasteiger partial charge in [-0.1, -0.05) is 35.9 Å². The highest BCUT2D eigenvalue weighted by molar-refractivity contribution is 7.12. The highest BCUT2D eigenvalue weighted by Crippen LogP contribution is 2.29. The molecule has 0 aliphatic carbocycles. The second kappa shape index (κ2) is 9.21. The predicted octanol–water partition coefficient (Wildman–Crippen LogP) is 4.75. The first-order valence-electron chi connectivity index (χ1n) is 8.08. The molecule has 0 radical (unpaired) electrons. The van der Waals surface area contributed by atoms with E-state index in [-0.39, 0.29) is 5.91 Å². The molecule has 0 fully saturated rings. The number of nitrogens with one attached hydrogen (secondary N) is 1. The van der Waals surface area contributed by atoms with Crippen LogP contribution in [0.25, 0.3) is 0 Å². The number of nitrogens with zero attached hydrogens (tertiary/aromatic N) is 1. The number of rotatable bonds is 7. The Hall–Kier alpha value is -2.83. The lowest BCUT2D eigenvalue weighted by Gasteiger charge is -2.12. The molecule has 0 spiro atoms. The van der Waals surface area contributed by atoms with Crippen LogP contribution in [-0.2, 0) is 6.61 Å². The van der Waals surface area contributed by atoms with Crippen LogP contribution in [0.4, 0.5) is 0 Å². The Bertz CT molecular complexity index is 942. The van der Waals surface area contributed by atoms with Gasteiger partial charge in [-0.3, -0.25) is 4.79 Å². The van der Waals surface area contributed by atoms with Crippen molar-refractivity contribution in [2.24, 2.45) is 5.10 Å². The summed E-state index contributed by atoms with van der Waals surface area (Å²) in [6.45, 7) is 0.334. The Morgan fingerprint density at radius 3 is 2.78 bits per heavy atom. The topological polar surface area (TPSA) is 59.9 Å². The Morgan fingerprint density at radius 1 is 1.19 bits per heavy atom. The minimum absolute atomic E-state index is 0.243. The quantitative estimate of drug-likeness (QED) is 0.459. The van der Waals surface area contributed by atoms with Gasteiger partial charge in [0.25, 0.3) is 5.91 Å². The van der Waals surface area contributed by atoms with E-state index in [4.69, 9.17) is 21.1 Å². The summed E-state index contributed by atoms with van der Waals surface area (Å²) in [6.07, 6.45) is 1.55. The molecule has 0 bridgehead atoms. The summed E-state index contributed by atoms with van der Waals surface area (Å²) < 4.78 is 11.2. The van der Waals surface area contributed by atoms with E-state index in [1.54, 1.807) is 31.5 Å². The van der Waals surface area contributed by atoms with Gasteiger partial charge < -0.3 is 9.47 Å². The van der Waals surface area contributed by atoms with Crippen LogP contribution in [-0.4, -0.2) is 19.2 Å². The molecule has 0 saturated heterocycles. The zero-order valence-corrected chi connectivity index (χ0v) is 16.1. The Morgan fingerprint density at radius 2 is 2.04 bits per heavy atom. The molecular weight excluding hydrogens is 384 g/mol. The molecule has 3 aromatic rings. The fraction of sp³-hybridized carbons (Fsp3) is 0.100. The zero-order valence-electron chi connectivity index (χ0n) is 14.5. The lowest BCUT2D eigenvalue weighted by molar-refractivity contribution is 0.0959. The van der Waals surface area contributed by atoms with E-state index in [0.717, 1.165) is 11.1 Å². The first kappa shape index (κ1) is 18.9. The number of benzene rings is 2. The lowest BCUT2D eigenvalue weighted by atomic mass is 10.2. The van der Waals surface area contributed by atoms with Gasteiger partial charge in [-0.25, -0.2) is 5.43 Å². The Kier molecular flexibility index (Phi) is 6.46. The number of amides is 1. The fourth-order valence-corrected chi connectivity index (χ4v) is 3.09. The van der Waals surface area contributed by atoms with Crippen molar-refractivity contribution in [3.8, 4) is 11.5 Å². The van der Waals surface area contributed by atoms with E-state index in [2.05, 4.69) is 10.5 Å². The van der Waals surface area contributed by atoms with Crippen LogP contribution in [0.1, 0.15) is 20.8 Å². The van der Waals surface area contributed by atoms with Gasteiger partial charge in [-0.15, -0.1) is 11.3 Å². The van der Waals surface area contributed by atoms with Crippen LogP contribution in [0, 0.1) is 0 Å². The number of hydrazone groups is 1. The van der Waals surface area contributed by atoms with E-state index in [0.29, 0.717) is 28.0 Å². The maximum atomic E-state index is 11.9. The van der Waals surface area contributed by atoms with Gasteiger partial charge in [0.1, 0.15) is 6.61 Å². The van der Waals surface area contributed by atoms with Crippen LogP contribution >= 0.6 is 22.9 Å². The standard InChI is InChI=1S/C20H17ClN2O3S/c1-25-18-11-14(12-22-23-20(24)19-7-4-10-27-19)8-9-17(18)26-13-15-5-2-3-6-16(15)21/h2-12H,13H2,1H3,(H,23,24)/b22-12-. The molecule has 1 N–H and O–H groups in total. The largest absolute Gasteiger partial charge is 0.493 e. The van der Waals surface area contributed by atoms with Gasteiger partial charge in [0.05, 0.1) is 18.2 Å². The summed E-state index contributed by atoms with van der Waals surface area (Å²) in [7, 11) is 1.57. The molecule has 2 aromatic carbocycles. The van der Waals surface area contributed by atoms with Crippen LogP contribution in [0.15, 0.2) is 65.1 Å². The first-order chi connectivity index (χ1) is 13.2. The number of hydrogen-bond acceptors (Lipinski definition) is 5. The van der Waals surface area contributed by atoms with Crippen LogP contribution < -0.4 is 14.9 Å². The molecule has 0 aliphatic heterocycles. The Balaban J connectivity index is 1.64. The van der Waals surface area contributed by atoms with Gasteiger partial charge in [0.2, 0.25) is 0 Å². The highest BCUT2D eigenvalue weighted by atomic mass is 35.5. The van der Waals surface area contributed by atoms with Crippen molar-refractivity contribution in [2.75, 3.05) is 7.11 Å². The third kappa shape index (κ3) is 5.09. The average Bonchev–Trinajstić information content (AvgIpc) is 3.22. The van der Waals surface area contributed by atoms with Crippen molar-refractivity contribution >= 4 is 35.1 Å². The van der Waals surface area contributed by atoms with Gasteiger partial charge in [0, 0.05) is 10.6 Å². The van der Waals surface area contributed by atoms with Crippen molar-refractivity contribution in [1.82, 2.24) is 5.43 Å². The van der Waals surface area contributed by atoms with Crippen molar-refractivity contribution in [1.29, 1.82) is 0 Å². The molecule has 0 unspecified atom stereocenters. The summed E-state index contributed by atoms with van der Waals surface area (Å²) in [5.74, 6) is 0.917. The monoisotopic (exact) mass is 400 g/mol. The van der Waals surface area contributed by atoms with Crippen molar-refractivity contribution in [2.45, 2.75) is 6.61 Å². The molecule has 0 saturated carbocycles. The van der Waals surface area contributed by atoms with Crippen molar-refractivity contribution in [3.63, 3.8) is 0 Å². The molecule has 1 aromatic heterocycles. The second-order valence-electron chi connectivity index (χ2n) is 5.47. The lowest BCUT2D eigenvalue weighted by Crippen LogP contribution is -2.16. The summed E-state index contributed by atoms with van der Waals surface area (Å²) in [5.41, 5.74) is 4.15. The number of carbonyl (C=O) groups is 1. The first-order valence-corrected chi connectivity index (χ1v) is 9.34. The van der Waals surface area contributed by atoms with Crippen molar-refractivity contribution in [3.05, 3.63) is 81.0 Å². The van der Waals surface area contributed by atoms with Gasteiger partial charge in [-0.2, -0.15) is 5.10 Å². The fourth-order valence-electron chi connectivity index (χ4n) is 2.28. The van der Waals surface area contributed by atoms with E-state index in [1.165, 1.54) is 11.3 Å². The average molecular weight is 401 g/mol. The molecule has 1 heterocycles. The molecule has 3 rings (SSSR count). The molecule has 0 aliphatic rings. The van der Waals surface area contributed by atoms with E-state index < -0.39 is 0 Å². The van der Waals surface area contributed by atoms with Crippen molar-refractivity contribution < 1.29 is 14.3 Å². The molecule has 7 heteroatoms. The molecule has 0 atom stereocenters. The number of halogens is 1. The summed E-state index contributed by atoms with van der Waals surface area (Å²) in [4.78, 5) is 12.5. The smallest absolute Gasteiger partial charge is 0.281 e. The third-order valence-corrected chi connectivity index (χ3v) is 4.89. The second-order valence-corrected chi connectivity index (χ2v) is 6.82. The van der Waals surface area contributed by atoms with E-state index in [1.807, 2.05) is 41.8 Å². The van der Waals surface area contributed by atoms with Gasteiger partial charge >= 0.3 is 0 Å². The highest BCUT2D eigenvalue weighted by Gasteiger charge is 2.08. The third-order valence-electron chi connectivity index (χ3n) is 3.65. The minimum Gasteiger partial charge on any atom is -0.493 e. The minimum atomic E-state index is -0.243. The predicted molar refractivity (Wildman–Crippen MR) is 108 cm³/mol. The summed E-state index contributed by atoms with van der Waals surface area (Å²) in [5, 5.41) is 6.47. The molecule has 138 valence electrons. The maximum Gasteiger partial charge on any atom is 0.281 e. The number of carbonyl (C=O) groups excluding carboxylic acids is 1. The van der Waals surface area contributed by atoms with Gasteiger partial charge in [-0.05, 0) is 41.3 Å². The summed E-state index contributed by atoms with van der Waals surface area (Å²) in [6, 6.07) is 16.5. The zero-order chi connectivity index (χ0) is 19.1. The van der Waals surface area contributed by atoms with Crippen LogP contribution in [0.3, 0.4) is 0 Å². The summed E-state index contributed by atoms with van der Waals surface area (Å²) >= 11 is 7.50. The molecular formula is C20H17ClN2O3S. The molecule has 5 nitrogen and oxygen atoms in total. The molecule has 1 amide bonds. The SMILES string of the molecule is COc1cc(/C=N\NC(=O)c2cccs2)ccc1OCc1ccccc1Cl. The van der Waals surface area contributed by atoms with Crippen LogP contribution in [0.5, 0.6) is 11.5 Å². The number of methoxy groups -OCH3 is 1. The molecule has 27 heavy (non-hydrogen) atoms. The Labute approximate surface area is 166 Å². The normalized spacial score (nSPS) is 10.7. The van der Waals surface area contributed by atoms with Crippen LogP contribution in [0.2, 0.25) is 5.02 Å². The maximum absolute atomic E-state index is 11.9. The number of ether oxygens (including phenoxy) is 2. The van der Waals surface area contributed by atoms with E-state index in [9.17, 15) is 4.79 Å². The van der Waals surface area contributed by atoms with E-state index >= 15 is 0 Å². The number of hydrogen-bond donors (Lipinski definition) is 1.